The molecule has 0 aliphatic carbocycles. The van der Waals surface area contributed by atoms with Crippen LogP contribution in [0.4, 0.5) is 15.8 Å². The monoisotopic (exact) mass is 606 g/mol. The number of hydrogen-bond acceptors (Lipinski definition) is 8. The van der Waals surface area contributed by atoms with E-state index < -0.39 is 22.1 Å². The molecule has 2 saturated heterocycles. The Balaban J connectivity index is 1.52. The Morgan fingerprint density at radius 1 is 1.00 bits per heavy atom. The summed E-state index contributed by atoms with van der Waals surface area (Å²) in [4.78, 5) is 22.1. The summed E-state index contributed by atoms with van der Waals surface area (Å²) in [6, 6.07) is 17.4. The number of anilines is 2. The summed E-state index contributed by atoms with van der Waals surface area (Å²) in [5, 5.41) is 5.76. The summed E-state index contributed by atoms with van der Waals surface area (Å²) in [7, 11) is -3.82. The fraction of sp³-hybridized carbons (Fsp3) is 0.387. The van der Waals surface area contributed by atoms with E-state index in [0.29, 0.717) is 44.1 Å². The highest BCUT2D eigenvalue weighted by atomic mass is 32.2. The predicted octanol–water partition coefficient (Wildman–Crippen LogP) is 4.29. The molecule has 4 heterocycles. The Bertz CT molecular complexity index is 1770. The van der Waals surface area contributed by atoms with Gasteiger partial charge in [-0.15, -0.1) is 0 Å². The van der Waals surface area contributed by atoms with Crippen molar-refractivity contribution in [3.63, 3.8) is 0 Å². The fourth-order valence-electron chi connectivity index (χ4n) is 5.74. The minimum Gasteiger partial charge on any atom is -0.378 e. The quantitative estimate of drug-likeness (QED) is 0.332. The molecule has 10 nitrogen and oxygen atoms in total. The second-order valence-corrected chi connectivity index (χ2v) is 13.2. The van der Waals surface area contributed by atoms with Crippen LogP contribution in [0.25, 0.3) is 27.8 Å². The third-order valence-electron chi connectivity index (χ3n) is 7.85. The van der Waals surface area contributed by atoms with E-state index in [4.69, 9.17) is 9.84 Å². The zero-order valence-corrected chi connectivity index (χ0v) is 25.3. The van der Waals surface area contributed by atoms with Gasteiger partial charge in [0.15, 0.2) is 5.65 Å². The van der Waals surface area contributed by atoms with Gasteiger partial charge in [-0.05, 0) is 59.9 Å². The molecule has 0 radical (unpaired) electrons. The first-order chi connectivity index (χ1) is 20.6. The van der Waals surface area contributed by atoms with Gasteiger partial charge in [0.2, 0.25) is 10.0 Å². The van der Waals surface area contributed by atoms with Gasteiger partial charge in [-0.25, -0.2) is 27.2 Å². The molecular weight excluding hydrogens is 571 g/mol. The Kier molecular flexibility index (Phi) is 7.82. The lowest BCUT2D eigenvalue weighted by molar-refractivity contribution is 0.0977. The number of carbonyl (C=O) groups excluding carboxylic acids is 1. The molecule has 12 heteroatoms. The summed E-state index contributed by atoms with van der Waals surface area (Å²) in [5.74, 6) is -0.809. The van der Waals surface area contributed by atoms with Crippen molar-refractivity contribution in [2.45, 2.75) is 32.4 Å². The van der Waals surface area contributed by atoms with Crippen LogP contribution >= 0.6 is 0 Å². The van der Waals surface area contributed by atoms with E-state index in [0.717, 1.165) is 52.9 Å². The van der Waals surface area contributed by atoms with Crippen LogP contribution in [0.2, 0.25) is 0 Å². The van der Waals surface area contributed by atoms with Crippen molar-refractivity contribution in [3.05, 3.63) is 66.0 Å². The standard InChI is InChI=1S/C31H35FN6O4S/c1-20(2)29-28-26(21-7-9-23(10-8-21)36-13-15-42-16-14-36)18-27(31(39)35-43(3,40)41)33-30(28)38(34-29)25-6-4-5-24(17-25)37-12-11-22(32)19-37/h4-10,17-18,20,22H,11-16,19H2,1-3H3,(H,35,39). The number of fused-ring (bicyclic) bond motifs is 1. The van der Waals surface area contributed by atoms with Gasteiger partial charge in [0.25, 0.3) is 5.91 Å². The van der Waals surface area contributed by atoms with Crippen molar-refractivity contribution in [2.75, 3.05) is 55.4 Å². The van der Waals surface area contributed by atoms with E-state index in [1.165, 1.54) is 0 Å². The molecular formula is C31H35FN6O4S. The summed E-state index contributed by atoms with van der Waals surface area (Å²) < 4.78 is 47.2. The largest absolute Gasteiger partial charge is 0.378 e. The zero-order valence-electron chi connectivity index (χ0n) is 24.5. The number of nitrogens with one attached hydrogen (secondary N) is 1. The number of hydrogen-bond donors (Lipinski definition) is 1. The van der Waals surface area contributed by atoms with Crippen LogP contribution in [0.5, 0.6) is 0 Å². The maximum atomic E-state index is 14.0. The van der Waals surface area contributed by atoms with Crippen molar-refractivity contribution in [1.82, 2.24) is 19.5 Å². The molecule has 2 aliphatic heterocycles. The molecule has 0 bridgehead atoms. The number of sulfonamides is 1. The average Bonchev–Trinajstić information content (AvgIpc) is 3.60. The van der Waals surface area contributed by atoms with Gasteiger partial charge in [0.05, 0.1) is 36.2 Å². The number of benzene rings is 2. The minimum atomic E-state index is -3.82. The average molecular weight is 607 g/mol. The molecule has 1 amide bonds. The van der Waals surface area contributed by atoms with E-state index >= 15 is 0 Å². The molecule has 0 spiro atoms. The second kappa shape index (κ2) is 11.6. The minimum absolute atomic E-state index is 0.0154. The summed E-state index contributed by atoms with van der Waals surface area (Å²) in [5.41, 5.74) is 5.40. The van der Waals surface area contributed by atoms with Gasteiger partial charge in [-0.2, -0.15) is 5.10 Å². The van der Waals surface area contributed by atoms with Crippen molar-refractivity contribution in [3.8, 4) is 16.8 Å². The molecule has 6 rings (SSSR count). The van der Waals surface area contributed by atoms with Crippen LogP contribution in [0, 0.1) is 0 Å². The molecule has 1 unspecified atom stereocenters. The maximum absolute atomic E-state index is 14.0. The van der Waals surface area contributed by atoms with Gasteiger partial charge in [0.1, 0.15) is 11.9 Å². The summed E-state index contributed by atoms with van der Waals surface area (Å²) in [6.07, 6.45) is 0.554. The van der Waals surface area contributed by atoms with E-state index in [1.807, 2.05) is 67.3 Å². The van der Waals surface area contributed by atoms with E-state index in [-0.39, 0.29) is 11.6 Å². The topological polar surface area (TPSA) is 110 Å². The molecule has 0 saturated carbocycles. The third kappa shape index (κ3) is 6.07. The van der Waals surface area contributed by atoms with Crippen LogP contribution in [0.1, 0.15) is 42.4 Å². The number of pyridine rings is 1. The number of aromatic nitrogens is 3. The number of ether oxygens (including phenoxy) is 1. The lowest BCUT2D eigenvalue weighted by Crippen LogP contribution is -2.36. The molecule has 2 aromatic heterocycles. The smallest absolute Gasteiger partial charge is 0.283 e. The van der Waals surface area contributed by atoms with E-state index in [1.54, 1.807) is 10.7 Å². The van der Waals surface area contributed by atoms with Crippen molar-refractivity contribution >= 4 is 38.3 Å². The number of nitrogens with zero attached hydrogens (tertiary/aromatic N) is 5. The number of amides is 1. The van der Waals surface area contributed by atoms with Gasteiger partial charge in [0, 0.05) is 37.6 Å². The van der Waals surface area contributed by atoms with Crippen LogP contribution in [0.15, 0.2) is 54.6 Å². The second-order valence-electron chi connectivity index (χ2n) is 11.4. The molecule has 43 heavy (non-hydrogen) atoms. The lowest BCUT2D eigenvalue weighted by atomic mass is 9.97. The third-order valence-corrected chi connectivity index (χ3v) is 8.40. The zero-order chi connectivity index (χ0) is 30.3. The highest BCUT2D eigenvalue weighted by Crippen LogP contribution is 2.37. The summed E-state index contributed by atoms with van der Waals surface area (Å²) in [6.45, 7) is 8.02. The van der Waals surface area contributed by atoms with Gasteiger partial charge in [-0.1, -0.05) is 32.0 Å². The van der Waals surface area contributed by atoms with Gasteiger partial charge >= 0.3 is 0 Å². The number of halogens is 1. The Hall–Kier alpha value is -4.03. The van der Waals surface area contributed by atoms with E-state index in [2.05, 4.69) is 14.6 Å². The molecule has 1 N–H and O–H groups in total. The first-order valence-corrected chi connectivity index (χ1v) is 16.3. The number of alkyl halides is 1. The van der Waals surface area contributed by atoms with Crippen LogP contribution in [-0.2, 0) is 14.8 Å². The van der Waals surface area contributed by atoms with Crippen LogP contribution < -0.4 is 14.5 Å². The van der Waals surface area contributed by atoms with Gasteiger partial charge in [-0.3, -0.25) is 4.79 Å². The predicted molar refractivity (Wildman–Crippen MR) is 165 cm³/mol. The van der Waals surface area contributed by atoms with Crippen molar-refractivity contribution in [1.29, 1.82) is 0 Å². The Morgan fingerprint density at radius 3 is 2.37 bits per heavy atom. The molecule has 2 fully saturated rings. The number of carbonyl (C=O) groups is 1. The lowest BCUT2D eigenvalue weighted by Gasteiger charge is -2.29. The molecule has 4 aromatic rings. The molecule has 2 aromatic carbocycles. The molecule has 2 aliphatic rings. The SMILES string of the molecule is CC(C)c1nn(-c2cccc(N3CCC(F)C3)c2)c2nc(C(=O)NS(C)(=O)=O)cc(-c3ccc(N4CCOCC4)cc3)c12. The maximum Gasteiger partial charge on any atom is 0.283 e. The summed E-state index contributed by atoms with van der Waals surface area (Å²) >= 11 is 0. The first-order valence-electron chi connectivity index (χ1n) is 14.5. The Labute approximate surface area is 250 Å². The first kappa shape index (κ1) is 29.1. The van der Waals surface area contributed by atoms with Crippen LogP contribution in [-0.4, -0.2) is 80.9 Å². The highest BCUT2D eigenvalue weighted by Gasteiger charge is 2.26. The molecule has 226 valence electrons. The van der Waals surface area contributed by atoms with Crippen LogP contribution in [0.3, 0.4) is 0 Å². The fourth-order valence-corrected chi connectivity index (χ4v) is 6.18. The normalized spacial score (nSPS) is 17.7. The number of morpholine rings is 1. The number of rotatable bonds is 7. The van der Waals surface area contributed by atoms with Crippen molar-refractivity contribution < 1.29 is 22.3 Å². The molecule has 1 atom stereocenters. The van der Waals surface area contributed by atoms with E-state index in [9.17, 15) is 17.6 Å². The van der Waals surface area contributed by atoms with Crippen molar-refractivity contribution in [2.24, 2.45) is 0 Å². The Morgan fingerprint density at radius 2 is 1.72 bits per heavy atom. The highest BCUT2D eigenvalue weighted by molar-refractivity contribution is 7.89. The van der Waals surface area contributed by atoms with Gasteiger partial charge < -0.3 is 14.5 Å².